The molecule has 1 atom stereocenters. The van der Waals surface area contributed by atoms with Gasteiger partial charge in [0.05, 0.1) is 12.7 Å². The Kier molecular flexibility index (Phi) is 5.44. The number of ether oxygens (including phenoxy) is 1. The second-order valence-electron chi connectivity index (χ2n) is 3.12. The maximum absolute atomic E-state index is 12.2. The number of rotatable bonds is 2. The lowest BCUT2D eigenvalue weighted by atomic mass is 10.1. The van der Waals surface area contributed by atoms with Crippen molar-refractivity contribution < 1.29 is 22.7 Å². The van der Waals surface area contributed by atoms with Crippen molar-refractivity contribution in [3.8, 4) is 0 Å². The van der Waals surface area contributed by atoms with Gasteiger partial charge in [-0.2, -0.15) is 13.2 Å². The van der Waals surface area contributed by atoms with Crippen molar-refractivity contribution >= 4 is 18.4 Å². The quantitative estimate of drug-likeness (QED) is 0.838. The molecule has 0 radical (unpaired) electrons. The monoisotopic (exact) mass is 269 g/mol. The van der Waals surface area contributed by atoms with Gasteiger partial charge in [-0.3, -0.25) is 4.79 Å². The van der Waals surface area contributed by atoms with Crippen LogP contribution in [-0.2, 0) is 15.7 Å². The molecule has 0 saturated heterocycles. The molecule has 0 aromatic heterocycles. The highest BCUT2D eigenvalue weighted by Gasteiger charge is 2.30. The fourth-order valence-corrected chi connectivity index (χ4v) is 1.14. The third kappa shape index (κ3) is 3.90. The van der Waals surface area contributed by atoms with Crippen molar-refractivity contribution in [3.05, 3.63) is 35.4 Å². The summed E-state index contributed by atoms with van der Waals surface area (Å²) in [4.78, 5) is 11.0. The fraction of sp³-hybridized carbons (Fsp3) is 0.300. The van der Waals surface area contributed by atoms with Crippen molar-refractivity contribution in [2.45, 2.75) is 12.2 Å². The van der Waals surface area contributed by atoms with Gasteiger partial charge in [0.15, 0.2) is 0 Å². The van der Waals surface area contributed by atoms with E-state index in [1.165, 1.54) is 0 Å². The predicted molar refractivity (Wildman–Crippen MR) is 57.6 cm³/mol. The number of carbonyl (C=O) groups excluding carboxylic acids is 1. The number of hydrogen-bond acceptors (Lipinski definition) is 3. The fourth-order valence-electron chi connectivity index (χ4n) is 1.14. The highest BCUT2D eigenvalue weighted by molar-refractivity contribution is 5.85. The highest BCUT2D eigenvalue weighted by atomic mass is 35.5. The molecule has 7 heteroatoms. The van der Waals surface area contributed by atoms with Gasteiger partial charge in [0, 0.05) is 0 Å². The first-order valence-electron chi connectivity index (χ1n) is 4.37. The van der Waals surface area contributed by atoms with E-state index in [0.29, 0.717) is 0 Å². The van der Waals surface area contributed by atoms with Crippen LogP contribution in [0.2, 0.25) is 0 Å². The van der Waals surface area contributed by atoms with Gasteiger partial charge in [-0.25, -0.2) is 0 Å². The number of halogens is 4. The van der Waals surface area contributed by atoms with Crippen LogP contribution < -0.4 is 5.73 Å². The lowest BCUT2D eigenvalue weighted by Crippen LogP contribution is -2.22. The van der Waals surface area contributed by atoms with E-state index in [1.807, 2.05) is 0 Å². The first-order chi connectivity index (χ1) is 7.36. The van der Waals surface area contributed by atoms with Crippen LogP contribution in [0.3, 0.4) is 0 Å². The molecule has 17 heavy (non-hydrogen) atoms. The molecule has 0 aliphatic carbocycles. The molecule has 0 heterocycles. The van der Waals surface area contributed by atoms with Gasteiger partial charge in [0.25, 0.3) is 0 Å². The Bertz CT molecular complexity index is 378. The summed E-state index contributed by atoms with van der Waals surface area (Å²) < 4.78 is 41.0. The van der Waals surface area contributed by atoms with E-state index < -0.39 is 23.8 Å². The van der Waals surface area contributed by atoms with Crippen LogP contribution in [0, 0.1) is 0 Å². The minimum Gasteiger partial charge on any atom is -0.468 e. The van der Waals surface area contributed by atoms with E-state index in [9.17, 15) is 18.0 Å². The van der Waals surface area contributed by atoms with Gasteiger partial charge in [-0.15, -0.1) is 12.4 Å². The van der Waals surface area contributed by atoms with Gasteiger partial charge in [0.2, 0.25) is 0 Å². The van der Waals surface area contributed by atoms with E-state index in [4.69, 9.17) is 5.73 Å². The number of methoxy groups -OCH3 is 1. The minimum absolute atomic E-state index is 0. The summed E-state index contributed by atoms with van der Waals surface area (Å²) in [6.07, 6.45) is -4.39. The molecule has 1 aromatic carbocycles. The standard InChI is InChI=1S/C10H10F3NO2.ClH/c1-16-9(15)8(14)6-2-4-7(5-3-6)10(11,12)13;/h2-5,8H,14H2,1H3;1H/t8-;/m1./s1. The highest BCUT2D eigenvalue weighted by Crippen LogP contribution is 2.29. The van der Waals surface area contributed by atoms with E-state index in [1.54, 1.807) is 0 Å². The summed E-state index contributed by atoms with van der Waals surface area (Å²) in [5.41, 5.74) is 4.95. The Hall–Kier alpha value is -1.27. The van der Waals surface area contributed by atoms with E-state index in [2.05, 4.69) is 4.74 Å². The minimum atomic E-state index is -4.39. The van der Waals surface area contributed by atoms with Crippen LogP contribution in [-0.4, -0.2) is 13.1 Å². The number of alkyl halides is 3. The summed E-state index contributed by atoms with van der Waals surface area (Å²) in [7, 11) is 1.16. The van der Waals surface area contributed by atoms with Crippen molar-refractivity contribution in [3.63, 3.8) is 0 Å². The van der Waals surface area contributed by atoms with Gasteiger partial charge in [-0.1, -0.05) is 12.1 Å². The third-order valence-electron chi connectivity index (χ3n) is 2.05. The maximum atomic E-state index is 12.2. The van der Waals surface area contributed by atoms with Crippen molar-refractivity contribution in [1.82, 2.24) is 0 Å². The van der Waals surface area contributed by atoms with Crippen molar-refractivity contribution in [1.29, 1.82) is 0 Å². The molecule has 1 aromatic rings. The van der Waals surface area contributed by atoms with Crippen molar-refractivity contribution in [2.24, 2.45) is 5.73 Å². The Balaban J connectivity index is 0.00000256. The summed E-state index contributed by atoms with van der Waals surface area (Å²) in [5.74, 6) is -0.695. The molecule has 96 valence electrons. The first kappa shape index (κ1) is 15.7. The van der Waals surface area contributed by atoms with Gasteiger partial charge < -0.3 is 10.5 Å². The molecule has 0 saturated carbocycles. The molecule has 0 aliphatic heterocycles. The Labute approximate surface area is 102 Å². The second-order valence-corrected chi connectivity index (χ2v) is 3.12. The van der Waals surface area contributed by atoms with Crippen LogP contribution in [0.4, 0.5) is 13.2 Å². The Morgan fingerprint density at radius 1 is 1.29 bits per heavy atom. The number of esters is 1. The number of hydrogen-bond donors (Lipinski definition) is 1. The Morgan fingerprint density at radius 3 is 2.12 bits per heavy atom. The molecule has 0 unspecified atom stereocenters. The zero-order chi connectivity index (χ0) is 12.3. The smallest absolute Gasteiger partial charge is 0.416 e. The van der Waals surface area contributed by atoms with E-state index in [-0.39, 0.29) is 18.0 Å². The molecular weight excluding hydrogens is 259 g/mol. The molecule has 0 spiro atoms. The summed E-state index contributed by atoms with van der Waals surface area (Å²) in [6, 6.07) is 3.00. The van der Waals surface area contributed by atoms with Crippen LogP contribution in [0.15, 0.2) is 24.3 Å². The van der Waals surface area contributed by atoms with Crippen LogP contribution in [0.5, 0.6) is 0 Å². The lowest BCUT2D eigenvalue weighted by molar-refractivity contribution is -0.142. The molecule has 0 aliphatic rings. The van der Waals surface area contributed by atoms with E-state index in [0.717, 1.165) is 31.4 Å². The third-order valence-corrected chi connectivity index (χ3v) is 2.05. The SMILES string of the molecule is COC(=O)[C@H](N)c1ccc(C(F)(F)F)cc1.Cl. The molecule has 1 rings (SSSR count). The summed E-state index contributed by atoms with van der Waals surface area (Å²) in [5, 5.41) is 0. The summed E-state index contributed by atoms with van der Waals surface area (Å²) >= 11 is 0. The van der Waals surface area contributed by atoms with Gasteiger partial charge >= 0.3 is 12.1 Å². The van der Waals surface area contributed by atoms with Gasteiger partial charge in [0.1, 0.15) is 6.04 Å². The van der Waals surface area contributed by atoms with Crippen LogP contribution in [0.25, 0.3) is 0 Å². The molecule has 0 bridgehead atoms. The predicted octanol–water partition coefficient (Wildman–Crippen LogP) is 2.30. The maximum Gasteiger partial charge on any atom is 0.416 e. The molecule has 2 N–H and O–H groups in total. The average Bonchev–Trinajstić information content (AvgIpc) is 2.26. The number of carbonyl (C=O) groups is 1. The van der Waals surface area contributed by atoms with E-state index >= 15 is 0 Å². The topological polar surface area (TPSA) is 52.3 Å². The zero-order valence-corrected chi connectivity index (χ0v) is 9.64. The molecular formula is C10H11ClF3NO2. The largest absolute Gasteiger partial charge is 0.468 e. The normalized spacial score (nSPS) is 12.5. The second kappa shape index (κ2) is 5.88. The number of benzene rings is 1. The average molecular weight is 270 g/mol. The van der Waals surface area contributed by atoms with Crippen LogP contribution >= 0.6 is 12.4 Å². The van der Waals surface area contributed by atoms with Crippen molar-refractivity contribution in [2.75, 3.05) is 7.11 Å². The van der Waals surface area contributed by atoms with Crippen LogP contribution in [0.1, 0.15) is 17.2 Å². The first-order valence-corrected chi connectivity index (χ1v) is 4.37. The Morgan fingerprint density at radius 2 is 1.76 bits per heavy atom. The molecule has 0 amide bonds. The van der Waals surface area contributed by atoms with Gasteiger partial charge in [-0.05, 0) is 17.7 Å². The summed E-state index contributed by atoms with van der Waals surface area (Å²) in [6.45, 7) is 0. The molecule has 0 fully saturated rings. The zero-order valence-electron chi connectivity index (χ0n) is 8.82. The lowest BCUT2D eigenvalue weighted by Gasteiger charge is -2.11. The molecule has 3 nitrogen and oxygen atoms in total. The number of nitrogens with two attached hydrogens (primary N) is 1.